The fraction of sp³-hybridized carbons (Fsp3) is 0.500. The Morgan fingerprint density at radius 3 is 2.65 bits per heavy atom. The third kappa shape index (κ3) is 4.03. The van der Waals surface area contributed by atoms with Crippen LogP contribution in [0, 0.1) is 6.92 Å². The van der Waals surface area contributed by atoms with Crippen LogP contribution in [-0.2, 0) is 11.3 Å². The number of thiazole rings is 1. The van der Waals surface area contributed by atoms with Gasteiger partial charge in [-0.25, -0.2) is 14.6 Å². The Hall–Kier alpha value is -1.63. The van der Waals surface area contributed by atoms with E-state index in [1.54, 1.807) is 6.20 Å². The van der Waals surface area contributed by atoms with Gasteiger partial charge in [-0.05, 0) is 20.8 Å². The van der Waals surface area contributed by atoms with E-state index in [0.717, 1.165) is 9.88 Å². The van der Waals surface area contributed by atoms with E-state index >= 15 is 0 Å². The Bertz CT molecular complexity index is 428. The zero-order valence-electron chi connectivity index (χ0n) is 9.90. The summed E-state index contributed by atoms with van der Waals surface area (Å²) in [6, 6.07) is -0.511. The molecule has 0 saturated heterocycles. The molecule has 0 fully saturated rings. The maximum atomic E-state index is 11.4. The van der Waals surface area contributed by atoms with E-state index in [1.165, 1.54) is 25.2 Å². The predicted octanol–water partition coefficient (Wildman–Crippen LogP) is 1.11. The van der Waals surface area contributed by atoms with Gasteiger partial charge in [0.05, 0.1) is 11.6 Å². The van der Waals surface area contributed by atoms with Gasteiger partial charge in [0, 0.05) is 11.1 Å². The number of carbonyl (C=O) groups is 2. The van der Waals surface area contributed by atoms with Crippen molar-refractivity contribution in [3.63, 3.8) is 0 Å². The Morgan fingerprint density at radius 1 is 1.53 bits per heavy atom. The summed E-state index contributed by atoms with van der Waals surface area (Å²) in [5, 5.41) is 14.7. The van der Waals surface area contributed by atoms with E-state index in [9.17, 15) is 9.59 Å². The third-order valence-corrected chi connectivity index (χ3v) is 2.97. The van der Waals surface area contributed by atoms with Crippen LogP contribution in [0.1, 0.15) is 23.7 Å². The average molecular weight is 257 g/mol. The van der Waals surface area contributed by atoms with Gasteiger partial charge in [0.1, 0.15) is 5.54 Å². The first kappa shape index (κ1) is 13.4. The second kappa shape index (κ2) is 5.13. The number of nitrogens with zero attached hydrogens (tertiary/aromatic N) is 1. The minimum atomic E-state index is -1.28. The Balaban J connectivity index is 2.43. The average Bonchev–Trinajstić information content (AvgIpc) is 2.60. The maximum Gasteiger partial charge on any atom is 0.328 e. The summed E-state index contributed by atoms with van der Waals surface area (Å²) in [4.78, 5) is 27.2. The van der Waals surface area contributed by atoms with Crippen LogP contribution < -0.4 is 10.6 Å². The third-order valence-electron chi connectivity index (χ3n) is 2.05. The summed E-state index contributed by atoms with van der Waals surface area (Å²) < 4.78 is 0. The topological polar surface area (TPSA) is 91.3 Å². The van der Waals surface area contributed by atoms with Gasteiger partial charge in [-0.2, -0.15) is 0 Å². The number of hydrogen-bond acceptors (Lipinski definition) is 4. The number of carboxylic acids is 1. The van der Waals surface area contributed by atoms with Crippen molar-refractivity contribution in [2.24, 2.45) is 0 Å². The Labute approximate surface area is 103 Å². The molecule has 1 rings (SSSR count). The molecule has 0 spiro atoms. The maximum absolute atomic E-state index is 11.4. The molecule has 0 aliphatic heterocycles. The Kier molecular flexibility index (Phi) is 4.06. The van der Waals surface area contributed by atoms with E-state index in [2.05, 4.69) is 15.6 Å². The molecular weight excluding hydrogens is 242 g/mol. The molecular formula is C10H15N3O3S. The summed E-state index contributed by atoms with van der Waals surface area (Å²) in [6.45, 7) is 5.06. The largest absolute Gasteiger partial charge is 0.480 e. The van der Waals surface area contributed by atoms with Crippen molar-refractivity contribution in [2.75, 3.05) is 0 Å². The number of rotatable bonds is 4. The van der Waals surface area contributed by atoms with Crippen molar-refractivity contribution in [2.45, 2.75) is 32.9 Å². The van der Waals surface area contributed by atoms with Crippen molar-refractivity contribution in [1.29, 1.82) is 0 Å². The van der Waals surface area contributed by atoms with Crippen LogP contribution >= 0.6 is 11.3 Å². The van der Waals surface area contributed by atoms with Crippen molar-refractivity contribution in [3.8, 4) is 0 Å². The molecule has 0 saturated carbocycles. The molecule has 94 valence electrons. The molecule has 0 radical (unpaired) electrons. The smallest absolute Gasteiger partial charge is 0.328 e. The van der Waals surface area contributed by atoms with E-state index in [-0.39, 0.29) is 0 Å². The lowest BCUT2D eigenvalue weighted by Gasteiger charge is -2.20. The van der Waals surface area contributed by atoms with Crippen LogP contribution in [0.4, 0.5) is 4.79 Å². The highest BCUT2D eigenvalue weighted by molar-refractivity contribution is 7.11. The predicted molar refractivity (Wildman–Crippen MR) is 63.9 cm³/mol. The van der Waals surface area contributed by atoms with Gasteiger partial charge in [-0.1, -0.05) is 0 Å². The zero-order chi connectivity index (χ0) is 13.1. The van der Waals surface area contributed by atoms with Crippen LogP contribution in [0.2, 0.25) is 0 Å². The molecule has 0 aliphatic rings. The molecule has 17 heavy (non-hydrogen) atoms. The molecule has 7 heteroatoms. The van der Waals surface area contributed by atoms with Gasteiger partial charge in [-0.15, -0.1) is 11.3 Å². The standard InChI is InChI=1S/C10H15N3O3S/c1-6-11-4-7(17-6)5-12-9(16)13-10(2,3)8(14)15/h4H,5H2,1-3H3,(H,14,15)(H2,12,13,16). The first-order chi connectivity index (χ1) is 7.81. The number of carbonyl (C=O) groups excluding carboxylic acids is 1. The van der Waals surface area contributed by atoms with Gasteiger partial charge >= 0.3 is 12.0 Å². The summed E-state index contributed by atoms with van der Waals surface area (Å²) in [7, 11) is 0. The van der Waals surface area contributed by atoms with Crippen LogP contribution in [0.5, 0.6) is 0 Å². The molecule has 2 amide bonds. The summed E-state index contributed by atoms with van der Waals surface area (Å²) >= 11 is 1.48. The number of nitrogens with one attached hydrogen (secondary N) is 2. The van der Waals surface area contributed by atoms with Crippen LogP contribution in [0.25, 0.3) is 0 Å². The van der Waals surface area contributed by atoms with Crippen molar-refractivity contribution in [3.05, 3.63) is 16.1 Å². The SMILES string of the molecule is Cc1ncc(CNC(=O)NC(C)(C)C(=O)O)s1. The molecule has 0 atom stereocenters. The lowest BCUT2D eigenvalue weighted by Crippen LogP contribution is -2.52. The molecule has 1 aromatic heterocycles. The molecule has 1 aromatic rings. The van der Waals surface area contributed by atoms with Crippen LogP contribution in [0.15, 0.2) is 6.20 Å². The highest BCUT2D eigenvalue weighted by atomic mass is 32.1. The van der Waals surface area contributed by atoms with Gasteiger partial charge in [0.2, 0.25) is 0 Å². The van der Waals surface area contributed by atoms with Gasteiger partial charge in [-0.3, -0.25) is 0 Å². The summed E-state index contributed by atoms with van der Waals surface area (Å²) in [5.74, 6) is -1.08. The molecule has 3 N–H and O–H groups in total. The highest BCUT2D eigenvalue weighted by Gasteiger charge is 2.28. The Morgan fingerprint density at radius 2 is 2.18 bits per heavy atom. The minimum Gasteiger partial charge on any atom is -0.480 e. The minimum absolute atomic E-state index is 0.340. The van der Waals surface area contributed by atoms with E-state index in [1.807, 2.05) is 6.92 Å². The molecule has 6 nitrogen and oxygen atoms in total. The number of aliphatic carboxylic acids is 1. The number of amides is 2. The van der Waals surface area contributed by atoms with Crippen LogP contribution in [0.3, 0.4) is 0 Å². The van der Waals surface area contributed by atoms with Crippen LogP contribution in [-0.4, -0.2) is 27.6 Å². The lowest BCUT2D eigenvalue weighted by molar-refractivity contribution is -0.142. The number of urea groups is 1. The van der Waals surface area contributed by atoms with Gasteiger partial charge in [0.25, 0.3) is 0 Å². The first-order valence-electron chi connectivity index (χ1n) is 5.02. The van der Waals surface area contributed by atoms with Crippen molar-refractivity contribution < 1.29 is 14.7 Å². The van der Waals surface area contributed by atoms with Crippen molar-refractivity contribution >= 4 is 23.3 Å². The quantitative estimate of drug-likeness (QED) is 0.753. The normalized spacial score (nSPS) is 11.0. The second-order valence-corrected chi connectivity index (χ2v) is 5.40. The number of aromatic nitrogens is 1. The summed E-state index contributed by atoms with van der Waals surface area (Å²) in [5.41, 5.74) is -1.28. The molecule has 0 aliphatic carbocycles. The lowest BCUT2D eigenvalue weighted by atomic mass is 10.1. The number of carboxylic acid groups (broad SMARTS) is 1. The molecule has 0 unspecified atom stereocenters. The fourth-order valence-electron chi connectivity index (χ4n) is 1.04. The second-order valence-electron chi connectivity index (χ2n) is 4.08. The van der Waals surface area contributed by atoms with Crippen molar-refractivity contribution in [1.82, 2.24) is 15.6 Å². The number of hydrogen-bond donors (Lipinski definition) is 3. The fourth-order valence-corrected chi connectivity index (χ4v) is 1.77. The number of aryl methyl sites for hydroxylation is 1. The van der Waals surface area contributed by atoms with E-state index in [4.69, 9.17) is 5.11 Å². The summed E-state index contributed by atoms with van der Waals surface area (Å²) in [6.07, 6.45) is 1.68. The highest BCUT2D eigenvalue weighted by Crippen LogP contribution is 2.10. The molecule has 0 bridgehead atoms. The molecule has 0 aromatic carbocycles. The van der Waals surface area contributed by atoms with Gasteiger partial charge in [0.15, 0.2) is 0 Å². The van der Waals surface area contributed by atoms with Gasteiger partial charge < -0.3 is 15.7 Å². The van der Waals surface area contributed by atoms with E-state index in [0.29, 0.717) is 6.54 Å². The van der Waals surface area contributed by atoms with E-state index < -0.39 is 17.5 Å². The zero-order valence-corrected chi connectivity index (χ0v) is 10.7. The first-order valence-corrected chi connectivity index (χ1v) is 5.83. The molecule has 1 heterocycles. The monoisotopic (exact) mass is 257 g/mol.